The van der Waals surface area contributed by atoms with Crippen LogP contribution in [0.15, 0.2) is 12.4 Å². The first-order valence-corrected chi connectivity index (χ1v) is 10.2. The van der Waals surface area contributed by atoms with E-state index in [2.05, 4.69) is 25.4 Å². The van der Waals surface area contributed by atoms with Crippen LogP contribution in [0, 0.1) is 0 Å². The van der Waals surface area contributed by atoms with Crippen molar-refractivity contribution in [3.05, 3.63) is 23.8 Å². The summed E-state index contributed by atoms with van der Waals surface area (Å²) in [5.74, 6) is -0.0764. The van der Waals surface area contributed by atoms with Crippen LogP contribution in [0.5, 0.6) is 0 Å². The molecule has 1 amide bonds. The van der Waals surface area contributed by atoms with Gasteiger partial charge in [-0.05, 0) is 12.0 Å². The lowest BCUT2D eigenvalue weighted by Crippen LogP contribution is -2.60. The average Bonchev–Trinajstić information content (AvgIpc) is 3.31. The minimum absolute atomic E-state index is 0.00901. The molecule has 13 heteroatoms. The summed E-state index contributed by atoms with van der Waals surface area (Å²) in [6.07, 6.45) is -1.79. The number of nitrogens with two attached hydrogens (primary N) is 2. The highest BCUT2D eigenvalue weighted by molar-refractivity contribution is 5.93. The molecular weight excluding hydrogens is 418 g/mol. The monoisotopic (exact) mass is 445 g/mol. The van der Waals surface area contributed by atoms with Gasteiger partial charge in [-0.1, -0.05) is 13.8 Å². The number of rotatable bonds is 5. The third-order valence-electron chi connectivity index (χ3n) is 5.57. The molecular formula is C19H27N9O4. The standard InChI is InChI=1S/C19H27N9O4/c1-8(2)9-4-11(27(3)26-9)18(31)23-10-6-32-12(15(30)14(10)29)5-28-7-22-17-13(28)16(20)24-19(21)25-17/h4,7-8,10,12,14-15,29-30H,5-6H2,1-3H3,(H,23,31)(H4,20,21,24,25)/t10-,12-,14+,15-/m1/s1. The molecule has 0 unspecified atom stereocenters. The summed E-state index contributed by atoms with van der Waals surface area (Å²) in [6.45, 7) is 4.12. The molecule has 7 N–H and O–H groups in total. The van der Waals surface area contributed by atoms with Gasteiger partial charge in [0, 0.05) is 7.05 Å². The van der Waals surface area contributed by atoms with Crippen LogP contribution >= 0.6 is 0 Å². The Morgan fingerprint density at radius 1 is 1.31 bits per heavy atom. The number of hydrogen-bond acceptors (Lipinski definition) is 10. The number of carbonyl (C=O) groups excluding carboxylic acids is 1. The molecule has 0 spiro atoms. The minimum atomic E-state index is -1.26. The number of aliphatic hydroxyl groups excluding tert-OH is 2. The number of hydrogen-bond donors (Lipinski definition) is 5. The molecule has 13 nitrogen and oxygen atoms in total. The van der Waals surface area contributed by atoms with E-state index >= 15 is 0 Å². The molecule has 1 fully saturated rings. The number of fused-ring (bicyclic) bond motifs is 1. The Labute approximate surface area is 183 Å². The summed E-state index contributed by atoms with van der Waals surface area (Å²) in [5.41, 5.74) is 13.5. The molecule has 4 atom stereocenters. The number of amides is 1. The van der Waals surface area contributed by atoms with Crippen molar-refractivity contribution < 1.29 is 19.7 Å². The predicted octanol–water partition coefficient (Wildman–Crippen LogP) is -1.23. The number of anilines is 2. The molecule has 0 radical (unpaired) electrons. The van der Waals surface area contributed by atoms with Crippen LogP contribution in [0.25, 0.3) is 11.2 Å². The van der Waals surface area contributed by atoms with Crippen LogP contribution < -0.4 is 16.8 Å². The number of aliphatic hydroxyl groups is 2. The summed E-state index contributed by atoms with van der Waals surface area (Å²) in [6, 6.07) is 0.914. The first-order chi connectivity index (χ1) is 15.2. The molecule has 4 rings (SSSR count). The zero-order valence-corrected chi connectivity index (χ0v) is 18.0. The van der Waals surface area contributed by atoms with Crippen molar-refractivity contribution in [1.82, 2.24) is 34.6 Å². The molecule has 0 bridgehead atoms. The van der Waals surface area contributed by atoms with Gasteiger partial charge in [0.15, 0.2) is 11.5 Å². The van der Waals surface area contributed by atoms with E-state index in [0.29, 0.717) is 16.9 Å². The van der Waals surface area contributed by atoms with E-state index in [1.807, 2.05) is 13.8 Å². The number of aryl methyl sites for hydroxylation is 1. The second-order valence-electron chi connectivity index (χ2n) is 8.20. The fraction of sp³-hybridized carbons (Fsp3) is 0.526. The van der Waals surface area contributed by atoms with Crippen molar-refractivity contribution in [3.8, 4) is 0 Å². The Kier molecular flexibility index (Phi) is 5.71. The van der Waals surface area contributed by atoms with Crippen molar-refractivity contribution in [1.29, 1.82) is 0 Å². The van der Waals surface area contributed by atoms with Crippen molar-refractivity contribution in [2.75, 3.05) is 18.1 Å². The highest BCUT2D eigenvalue weighted by atomic mass is 16.5. The van der Waals surface area contributed by atoms with Crippen LogP contribution in [-0.2, 0) is 18.3 Å². The van der Waals surface area contributed by atoms with Crippen molar-refractivity contribution in [3.63, 3.8) is 0 Å². The predicted molar refractivity (Wildman–Crippen MR) is 114 cm³/mol. The average molecular weight is 445 g/mol. The molecule has 32 heavy (non-hydrogen) atoms. The molecule has 0 aliphatic carbocycles. The second kappa shape index (κ2) is 8.33. The zero-order valence-electron chi connectivity index (χ0n) is 18.0. The molecule has 3 aromatic rings. The third-order valence-corrected chi connectivity index (χ3v) is 5.57. The van der Waals surface area contributed by atoms with Crippen LogP contribution in [0.2, 0.25) is 0 Å². The quantitative estimate of drug-likeness (QED) is 0.317. The van der Waals surface area contributed by atoms with Gasteiger partial charge in [-0.15, -0.1) is 0 Å². The van der Waals surface area contributed by atoms with E-state index in [1.165, 1.54) is 11.0 Å². The van der Waals surface area contributed by atoms with E-state index in [1.54, 1.807) is 17.7 Å². The Balaban J connectivity index is 1.44. The Bertz CT molecular complexity index is 1140. The first-order valence-electron chi connectivity index (χ1n) is 10.2. The maximum Gasteiger partial charge on any atom is 0.269 e. The van der Waals surface area contributed by atoms with Gasteiger partial charge in [0.25, 0.3) is 5.91 Å². The summed E-state index contributed by atoms with van der Waals surface area (Å²) >= 11 is 0. The Hall–Kier alpha value is -3.29. The second-order valence-corrected chi connectivity index (χ2v) is 8.20. The molecule has 0 saturated carbocycles. The fourth-order valence-electron chi connectivity index (χ4n) is 3.75. The molecule has 1 aliphatic heterocycles. The van der Waals surface area contributed by atoms with Gasteiger partial charge in [0.2, 0.25) is 5.95 Å². The van der Waals surface area contributed by atoms with Crippen molar-refractivity contribution in [2.45, 2.75) is 50.7 Å². The number of carbonyl (C=O) groups is 1. The highest BCUT2D eigenvalue weighted by Gasteiger charge is 2.40. The molecule has 3 aromatic heterocycles. The minimum Gasteiger partial charge on any atom is -0.388 e. The third kappa shape index (κ3) is 3.97. The molecule has 4 heterocycles. The van der Waals surface area contributed by atoms with Gasteiger partial charge in [0.1, 0.15) is 29.5 Å². The van der Waals surface area contributed by atoms with E-state index in [0.717, 1.165) is 5.69 Å². The van der Waals surface area contributed by atoms with Gasteiger partial charge < -0.3 is 36.3 Å². The molecule has 1 saturated heterocycles. The van der Waals surface area contributed by atoms with E-state index in [-0.39, 0.29) is 30.8 Å². The summed E-state index contributed by atoms with van der Waals surface area (Å²) in [7, 11) is 1.68. The van der Waals surface area contributed by atoms with E-state index < -0.39 is 30.3 Å². The highest BCUT2D eigenvalue weighted by Crippen LogP contribution is 2.22. The summed E-state index contributed by atoms with van der Waals surface area (Å²) < 4.78 is 8.89. The fourth-order valence-corrected chi connectivity index (χ4v) is 3.75. The smallest absolute Gasteiger partial charge is 0.269 e. The van der Waals surface area contributed by atoms with Crippen LogP contribution in [0.4, 0.5) is 11.8 Å². The topological polar surface area (TPSA) is 192 Å². The SMILES string of the molecule is CC(C)c1cc(C(=O)N[C@@H]2CO[C@H](Cn3cnc4nc(N)nc(N)c43)[C@@H](O)[C@H]2O)n(C)n1. The first kappa shape index (κ1) is 21.9. The molecule has 172 valence electrons. The number of nitrogen functional groups attached to an aromatic ring is 2. The van der Waals surface area contributed by atoms with Crippen molar-refractivity contribution in [2.24, 2.45) is 7.05 Å². The maximum absolute atomic E-state index is 12.7. The van der Waals surface area contributed by atoms with Crippen LogP contribution in [-0.4, -0.2) is 76.4 Å². The summed E-state index contributed by atoms with van der Waals surface area (Å²) in [4.78, 5) is 24.8. The number of imidazole rings is 1. The number of aromatic nitrogens is 6. The molecule has 1 aliphatic rings. The number of nitrogens with one attached hydrogen (secondary N) is 1. The van der Waals surface area contributed by atoms with Crippen LogP contribution in [0.3, 0.4) is 0 Å². The zero-order chi connectivity index (χ0) is 23.2. The maximum atomic E-state index is 12.7. The van der Waals surface area contributed by atoms with Gasteiger partial charge in [0.05, 0.1) is 31.2 Å². The lowest BCUT2D eigenvalue weighted by atomic mass is 9.97. The normalized spacial score (nSPS) is 23.7. The lowest BCUT2D eigenvalue weighted by Gasteiger charge is -2.38. The Morgan fingerprint density at radius 3 is 2.75 bits per heavy atom. The Morgan fingerprint density at radius 2 is 2.06 bits per heavy atom. The van der Waals surface area contributed by atoms with Gasteiger partial charge in [-0.2, -0.15) is 15.1 Å². The van der Waals surface area contributed by atoms with Gasteiger partial charge >= 0.3 is 0 Å². The van der Waals surface area contributed by atoms with Crippen LogP contribution in [0.1, 0.15) is 35.9 Å². The van der Waals surface area contributed by atoms with Gasteiger partial charge in [-0.25, -0.2) is 4.98 Å². The molecule has 0 aromatic carbocycles. The largest absolute Gasteiger partial charge is 0.388 e. The van der Waals surface area contributed by atoms with E-state index in [9.17, 15) is 15.0 Å². The number of ether oxygens (including phenoxy) is 1. The van der Waals surface area contributed by atoms with E-state index in [4.69, 9.17) is 16.2 Å². The van der Waals surface area contributed by atoms with Crippen molar-refractivity contribution >= 4 is 28.8 Å². The van der Waals surface area contributed by atoms with Gasteiger partial charge in [-0.3, -0.25) is 9.48 Å². The number of nitrogens with zero attached hydrogens (tertiary/aromatic N) is 6. The summed E-state index contributed by atoms with van der Waals surface area (Å²) in [5, 5.41) is 28.3. The lowest BCUT2D eigenvalue weighted by molar-refractivity contribution is -0.152.